The lowest BCUT2D eigenvalue weighted by Gasteiger charge is -2.11. The van der Waals surface area contributed by atoms with Gasteiger partial charge in [-0.15, -0.1) is 0 Å². The van der Waals surface area contributed by atoms with Crippen molar-refractivity contribution in [1.29, 1.82) is 0 Å². The maximum Gasteiger partial charge on any atom is 0.277 e. The van der Waals surface area contributed by atoms with Crippen LogP contribution in [0.15, 0.2) is 77.9 Å². The topological polar surface area (TPSA) is 50.7 Å². The molecule has 0 bridgehead atoms. The van der Waals surface area contributed by atoms with E-state index in [-0.39, 0.29) is 12.5 Å². The predicted molar refractivity (Wildman–Crippen MR) is 113 cm³/mol. The van der Waals surface area contributed by atoms with Gasteiger partial charge in [-0.25, -0.2) is 5.43 Å². The minimum Gasteiger partial charge on any atom is -0.483 e. The second kappa shape index (κ2) is 9.93. The molecule has 0 spiro atoms. The van der Waals surface area contributed by atoms with Gasteiger partial charge in [0.05, 0.1) is 16.3 Å². The van der Waals surface area contributed by atoms with Gasteiger partial charge in [0.1, 0.15) is 5.75 Å². The zero-order valence-corrected chi connectivity index (χ0v) is 16.5. The van der Waals surface area contributed by atoms with Crippen LogP contribution in [0.2, 0.25) is 10.0 Å². The van der Waals surface area contributed by atoms with Gasteiger partial charge in [-0.2, -0.15) is 5.10 Å². The summed E-state index contributed by atoms with van der Waals surface area (Å²) < 4.78 is 5.68. The van der Waals surface area contributed by atoms with Crippen molar-refractivity contribution >= 4 is 35.3 Å². The van der Waals surface area contributed by atoms with Crippen LogP contribution in [0.4, 0.5) is 0 Å². The molecule has 142 valence electrons. The first-order valence-electron chi connectivity index (χ1n) is 8.64. The molecule has 0 radical (unpaired) electrons. The molecule has 0 aliphatic carbocycles. The molecule has 28 heavy (non-hydrogen) atoms. The Morgan fingerprint density at radius 2 is 1.61 bits per heavy atom. The highest BCUT2D eigenvalue weighted by Gasteiger charge is 2.07. The fourth-order valence-corrected chi connectivity index (χ4v) is 3.08. The van der Waals surface area contributed by atoms with Crippen LogP contribution in [0.5, 0.6) is 5.75 Å². The lowest BCUT2D eigenvalue weighted by molar-refractivity contribution is -0.123. The summed E-state index contributed by atoms with van der Waals surface area (Å²) in [7, 11) is 0. The largest absolute Gasteiger partial charge is 0.483 e. The smallest absolute Gasteiger partial charge is 0.277 e. The van der Waals surface area contributed by atoms with Crippen LogP contribution >= 0.6 is 23.2 Å². The normalized spacial score (nSPS) is 10.8. The van der Waals surface area contributed by atoms with Crippen LogP contribution in [0.1, 0.15) is 16.7 Å². The average molecular weight is 413 g/mol. The summed E-state index contributed by atoms with van der Waals surface area (Å²) in [6.45, 7) is -0.153. The number of para-hydroxylation sites is 1. The van der Waals surface area contributed by atoms with Crippen LogP contribution in [-0.4, -0.2) is 18.7 Å². The van der Waals surface area contributed by atoms with Crippen molar-refractivity contribution in [3.63, 3.8) is 0 Å². The minimum atomic E-state index is -0.381. The van der Waals surface area contributed by atoms with E-state index in [1.165, 1.54) is 11.8 Å². The van der Waals surface area contributed by atoms with Crippen molar-refractivity contribution < 1.29 is 9.53 Å². The predicted octanol–water partition coefficient (Wildman–Crippen LogP) is 5.11. The molecule has 3 aromatic carbocycles. The first-order chi connectivity index (χ1) is 13.6. The van der Waals surface area contributed by atoms with E-state index >= 15 is 0 Å². The minimum absolute atomic E-state index is 0.153. The van der Waals surface area contributed by atoms with Gasteiger partial charge in [0.2, 0.25) is 0 Å². The highest BCUT2D eigenvalue weighted by atomic mass is 35.5. The Labute approximate surface area is 173 Å². The summed E-state index contributed by atoms with van der Waals surface area (Å²) in [6.07, 6.45) is 2.13. The van der Waals surface area contributed by atoms with E-state index in [1.54, 1.807) is 18.2 Å². The van der Waals surface area contributed by atoms with Crippen molar-refractivity contribution in [2.45, 2.75) is 6.42 Å². The number of carbonyl (C=O) groups excluding carboxylic acids is 1. The highest BCUT2D eigenvalue weighted by Crippen LogP contribution is 2.22. The number of halogens is 2. The maximum absolute atomic E-state index is 12.0. The second-order valence-electron chi connectivity index (χ2n) is 5.99. The molecule has 0 atom stereocenters. The summed E-state index contributed by atoms with van der Waals surface area (Å²) >= 11 is 12.1. The molecule has 0 unspecified atom stereocenters. The summed E-state index contributed by atoms with van der Waals surface area (Å²) in [5, 5.41) is 4.80. The first-order valence-corrected chi connectivity index (χ1v) is 9.39. The van der Waals surface area contributed by atoms with E-state index in [0.29, 0.717) is 21.4 Å². The Kier molecular flexibility index (Phi) is 7.06. The molecule has 0 saturated heterocycles. The number of carbonyl (C=O) groups is 1. The molecule has 0 aliphatic rings. The van der Waals surface area contributed by atoms with Gasteiger partial charge in [-0.1, -0.05) is 77.8 Å². The lowest BCUT2D eigenvalue weighted by atomic mass is 10.0. The van der Waals surface area contributed by atoms with Crippen molar-refractivity contribution in [2.75, 3.05) is 6.61 Å². The third kappa shape index (κ3) is 5.59. The van der Waals surface area contributed by atoms with Gasteiger partial charge in [0.15, 0.2) is 6.61 Å². The fraction of sp³-hybridized carbons (Fsp3) is 0.0909. The molecule has 6 heteroatoms. The summed E-state index contributed by atoms with van der Waals surface area (Å²) in [4.78, 5) is 12.0. The summed E-state index contributed by atoms with van der Waals surface area (Å²) in [5.41, 5.74) is 5.13. The molecule has 0 aliphatic heterocycles. The number of rotatable bonds is 7. The van der Waals surface area contributed by atoms with Gasteiger partial charge in [-0.05, 0) is 29.3 Å². The standard InChI is InChI=1S/C22H18Cl2N2O2/c23-19-10-6-11-20(24)18(19)14-25-26-22(27)15-28-21-12-5-4-9-17(21)13-16-7-2-1-3-8-16/h1-12,14H,13,15H2,(H,26,27)/b25-14-. The molecule has 0 fully saturated rings. The Hall–Kier alpha value is -2.82. The van der Waals surface area contributed by atoms with Gasteiger partial charge in [-0.3, -0.25) is 4.79 Å². The van der Waals surface area contributed by atoms with Gasteiger partial charge in [0, 0.05) is 12.0 Å². The maximum atomic E-state index is 12.0. The molecule has 4 nitrogen and oxygen atoms in total. The average Bonchev–Trinajstić information content (AvgIpc) is 2.70. The molecule has 0 aromatic heterocycles. The van der Waals surface area contributed by atoms with Crippen molar-refractivity contribution in [3.8, 4) is 5.75 Å². The number of hydrogen-bond acceptors (Lipinski definition) is 3. The molecule has 0 heterocycles. The monoisotopic (exact) mass is 412 g/mol. The van der Waals surface area contributed by atoms with E-state index in [2.05, 4.69) is 22.7 Å². The van der Waals surface area contributed by atoms with E-state index in [0.717, 1.165) is 12.0 Å². The molecular formula is C22H18Cl2N2O2. The summed E-state index contributed by atoms with van der Waals surface area (Å²) in [5.74, 6) is 0.286. The van der Waals surface area contributed by atoms with Crippen molar-refractivity contribution in [1.82, 2.24) is 5.43 Å². The van der Waals surface area contributed by atoms with Crippen LogP contribution < -0.4 is 10.2 Å². The number of nitrogens with one attached hydrogen (secondary N) is 1. The van der Waals surface area contributed by atoms with Crippen LogP contribution in [0.3, 0.4) is 0 Å². The zero-order chi connectivity index (χ0) is 19.8. The van der Waals surface area contributed by atoms with Crippen molar-refractivity contribution in [2.24, 2.45) is 5.10 Å². The Morgan fingerprint density at radius 3 is 2.36 bits per heavy atom. The van der Waals surface area contributed by atoms with E-state index in [4.69, 9.17) is 27.9 Å². The van der Waals surface area contributed by atoms with E-state index < -0.39 is 0 Å². The van der Waals surface area contributed by atoms with Gasteiger partial charge < -0.3 is 4.74 Å². The molecule has 3 rings (SSSR count). The first kappa shape index (κ1) is 19.9. The number of amides is 1. The highest BCUT2D eigenvalue weighted by molar-refractivity contribution is 6.38. The fourth-order valence-electron chi connectivity index (χ4n) is 2.58. The number of hydrazone groups is 1. The number of ether oxygens (including phenoxy) is 1. The van der Waals surface area contributed by atoms with E-state index in [9.17, 15) is 4.79 Å². The summed E-state index contributed by atoms with van der Waals surface area (Å²) in [6, 6.07) is 22.9. The Balaban J connectivity index is 1.57. The number of nitrogens with zero attached hydrogens (tertiary/aromatic N) is 1. The molecule has 1 amide bonds. The lowest BCUT2D eigenvalue weighted by Crippen LogP contribution is -2.24. The molecule has 3 aromatic rings. The third-order valence-corrected chi connectivity index (χ3v) is 4.61. The SMILES string of the molecule is O=C(COc1ccccc1Cc1ccccc1)N/N=C\c1c(Cl)cccc1Cl. The van der Waals surface area contributed by atoms with Gasteiger partial charge in [0.25, 0.3) is 5.91 Å². The van der Waals surface area contributed by atoms with Crippen LogP contribution in [0.25, 0.3) is 0 Å². The van der Waals surface area contributed by atoms with Crippen LogP contribution in [-0.2, 0) is 11.2 Å². The second-order valence-corrected chi connectivity index (χ2v) is 6.80. The molecular weight excluding hydrogens is 395 g/mol. The van der Waals surface area contributed by atoms with Gasteiger partial charge >= 0.3 is 0 Å². The Bertz CT molecular complexity index is 955. The molecule has 0 saturated carbocycles. The Morgan fingerprint density at radius 1 is 0.929 bits per heavy atom. The third-order valence-electron chi connectivity index (χ3n) is 3.95. The van der Waals surface area contributed by atoms with Crippen molar-refractivity contribution in [3.05, 3.63) is 99.5 Å². The van der Waals surface area contributed by atoms with E-state index in [1.807, 2.05) is 42.5 Å². The number of hydrogen-bond donors (Lipinski definition) is 1. The van der Waals surface area contributed by atoms with Crippen LogP contribution in [0, 0.1) is 0 Å². The molecule has 1 N–H and O–H groups in total. The number of benzene rings is 3. The quantitative estimate of drug-likeness (QED) is 0.432. The zero-order valence-electron chi connectivity index (χ0n) is 14.9.